The van der Waals surface area contributed by atoms with Crippen molar-refractivity contribution in [2.75, 3.05) is 19.6 Å². The monoisotopic (exact) mass is 212 g/mol. The van der Waals surface area contributed by atoms with Crippen molar-refractivity contribution in [1.82, 2.24) is 4.90 Å². The van der Waals surface area contributed by atoms with Crippen molar-refractivity contribution in [1.29, 1.82) is 0 Å². The van der Waals surface area contributed by atoms with Crippen molar-refractivity contribution in [3.8, 4) is 0 Å². The summed E-state index contributed by atoms with van der Waals surface area (Å²) in [4.78, 5) is 2.62. The first-order valence-corrected chi connectivity index (χ1v) is 6.57. The van der Waals surface area contributed by atoms with Crippen LogP contribution in [0.1, 0.15) is 46.5 Å². The summed E-state index contributed by atoms with van der Waals surface area (Å²) in [5.74, 6) is 1.62. The van der Waals surface area contributed by atoms with Crippen LogP contribution in [0.4, 0.5) is 0 Å². The topological polar surface area (TPSA) is 29.3 Å². The second kappa shape index (κ2) is 6.49. The maximum atomic E-state index is 5.71. The van der Waals surface area contributed by atoms with Gasteiger partial charge in [0.05, 0.1) is 0 Å². The Morgan fingerprint density at radius 1 is 1.27 bits per heavy atom. The molecule has 0 aromatic carbocycles. The van der Waals surface area contributed by atoms with Gasteiger partial charge < -0.3 is 10.6 Å². The highest BCUT2D eigenvalue weighted by molar-refractivity contribution is 4.79. The molecule has 1 heterocycles. The van der Waals surface area contributed by atoms with Gasteiger partial charge in [-0.15, -0.1) is 0 Å². The smallest absolute Gasteiger partial charge is 0.00670 e. The van der Waals surface area contributed by atoms with Gasteiger partial charge in [0.15, 0.2) is 0 Å². The molecular weight excluding hydrogens is 184 g/mol. The van der Waals surface area contributed by atoms with E-state index in [1.54, 1.807) is 0 Å². The molecule has 0 amide bonds. The molecule has 0 spiro atoms. The number of rotatable bonds is 6. The molecule has 0 radical (unpaired) electrons. The lowest BCUT2D eigenvalue weighted by atomic mass is 10.0. The average Bonchev–Trinajstić information content (AvgIpc) is 2.65. The first-order valence-electron chi connectivity index (χ1n) is 6.57. The van der Waals surface area contributed by atoms with Gasteiger partial charge in [0.25, 0.3) is 0 Å². The van der Waals surface area contributed by atoms with Gasteiger partial charge in [-0.05, 0) is 44.7 Å². The Kier molecular flexibility index (Phi) is 5.62. The molecule has 2 unspecified atom stereocenters. The number of likely N-dealkylation sites (tertiary alicyclic amines) is 1. The second-order valence-corrected chi connectivity index (χ2v) is 5.56. The molecule has 2 atom stereocenters. The van der Waals surface area contributed by atoms with Gasteiger partial charge in [-0.1, -0.05) is 26.7 Å². The minimum atomic E-state index is 0.762. The Hall–Kier alpha value is -0.0800. The minimum absolute atomic E-state index is 0.762. The Labute approximate surface area is 95.2 Å². The molecule has 1 saturated heterocycles. The molecule has 0 aliphatic carbocycles. The van der Waals surface area contributed by atoms with Crippen LogP contribution in [0.3, 0.4) is 0 Å². The van der Waals surface area contributed by atoms with Crippen LogP contribution >= 0.6 is 0 Å². The van der Waals surface area contributed by atoms with Gasteiger partial charge in [0.1, 0.15) is 0 Å². The van der Waals surface area contributed by atoms with E-state index in [2.05, 4.69) is 25.7 Å². The average molecular weight is 212 g/mol. The predicted molar refractivity (Wildman–Crippen MR) is 66.9 cm³/mol. The summed E-state index contributed by atoms with van der Waals surface area (Å²) in [5.41, 5.74) is 5.71. The second-order valence-electron chi connectivity index (χ2n) is 5.56. The van der Waals surface area contributed by atoms with E-state index in [0.29, 0.717) is 0 Å². The van der Waals surface area contributed by atoms with Gasteiger partial charge in [0.2, 0.25) is 0 Å². The van der Waals surface area contributed by atoms with Crippen LogP contribution in [0, 0.1) is 11.8 Å². The fraction of sp³-hybridized carbons (Fsp3) is 1.00. The number of nitrogens with zero attached hydrogens (tertiary/aromatic N) is 1. The molecule has 1 rings (SSSR count). The molecule has 15 heavy (non-hydrogen) atoms. The third-order valence-electron chi connectivity index (χ3n) is 3.68. The van der Waals surface area contributed by atoms with Crippen molar-refractivity contribution in [3.05, 3.63) is 0 Å². The SMILES string of the molecule is CC(C)CCCC(C)N1CCC(CN)C1. The van der Waals surface area contributed by atoms with Gasteiger partial charge in [-0.25, -0.2) is 0 Å². The maximum Gasteiger partial charge on any atom is 0.00670 e. The highest BCUT2D eigenvalue weighted by atomic mass is 15.2. The fourth-order valence-corrected chi connectivity index (χ4v) is 2.46. The summed E-state index contributed by atoms with van der Waals surface area (Å²) in [5, 5.41) is 0. The molecule has 2 heteroatoms. The normalized spacial score (nSPS) is 25.0. The number of hydrogen-bond acceptors (Lipinski definition) is 2. The highest BCUT2D eigenvalue weighted by Crippen LogP contribution is 2.20. The van der Waals surface area contributed by atoms with Gasteiger partial charge in [-0.3, -0.25) is 0 Å². The van der Waals surface area contributed by atoms with Crippen LogP contribution in [-0.4, -0.2) is 30.6 Å². The van der Waals surface area contributed by atoms with E-state index >= 15 is 0 Å². The standard InChI is InChI=1S/C13H28N2/c1-11(2)5-4-6-12(3)15-8-7-13(9-14)10-15/h11-13H,4-10,14H2,1-3H3. The first-order chi connectivity index (χ1) is 7.13. The summed E-state index contributed by atoms with van der Waals surface area (Å²) in [7, 11) is 0. The summed E-state index contributed by atoms with van der Waals surface area (Å²) in [6.07, 6.45) is 5.42. The summed E-state index contributed by atoms with van der Waals surface area (Å²) >= 11 is 0. The Balaban J connectivity index is 2.14. The zero-order valence-electron chi connectivity index (χ0n) is 10.7. The van der Waals surface area contributed by atoms with Crippen molar-refractivity contribution in [2.45, 2.75) is 52.5 Å². The van der Waals surface area contributed by atoms with Gasteiger partial charge >= 0.3 is 0 Å². The van der Waals surface area contributed by atoms with Crippen molar-refractivity contribution in [3.63, 3.8) is 0 Å². The Morgan fingerprint density at radius 3 is 2.53 bits per heavy atom. The van der Waals surface area contributed by atoms with Gasteiger partial charge in [-0.2, -0.15) is 0 Å². The lowest BCUT2D eigenvalue weighted by Gasteiger charge is -2.24. The van der Waals surface area contributed by atoms with Crippen LogP contribution in [0.25, 0.3) is 0 Å². The zero-order chi connectivity index (χ0) is 11.3. The van der Waals surface area contributed by atoms with Crippen LogP contribution in [0.15, 0.2) is 0 Å². The van der Waals surface area contributed by atoms with Crippen molar-refractivity contribution >= 4 is 0 Å². The molecular formula is C13H28N2. The number of nitrogens with two attached hydrogens (primary N) is 1. The predicted octanol–water partition coefficient (Wildman–Crippen LogP) is 2.48. The molecule has 1 fully saturated rings. The summed E-state index contributed by atoms with van der Waals surface area (Å²) in [6, 6.07) is 0.764. The van der Waals surface area contributed by atoms with E-state index in [1.807, 2.05) is 0 Å². The number of hydrogen-bond donors (Lipinski definition) is 1. The summed E-state index contributed by atoms with van der Waals surface area (Å²) in [6.45, 7) is 10.4. The van der Waals surface area contributed by atoms with E-state index < -0.39 is 0 Å². The largest absolute Gasteiger partial charge is 0.330 e. The Morgan fingerprint density at radius 2 is 2.00 bits per heavy atom. The minimum Gasteiger partial charge on any atom is -0.330 e. The third-order valence-corrected chi connectivity index (χ3v) is 3.68. The molecule has 0 aromatic rings. The molecule has 90 valence electrons. The lowest BCUT2D eigenvalue weighted by molar-refractivity contribution is 0.232. The summed E-state index contributed by atoms with van der Waals surface area (Å²) < 4.78 is 0. The van der Waals surface area contributed by atoms with Crippen molar-refractivity contribution < 1.29 is 0 Å². The van der Waals surface area contributed by atoms with E-state index in [9.17, 15) is 0 Å². The van der Waals surface area contributed by atoms with Crippen LogP contribution < -0.4 is 5.73 Å². The molecule has 0 aromatic heterocycles. The van der Waals surface area contributed by atoms with Crippen molar-refractivity contribution in [2.24, 2.45) is 17.6 Å². The maximum absolute atomic E-state index is 5.71. The molecule has 2 nitrogen and oxygen atoms in total. The first kappa shape index (κ1) is 13.0. The third kappa shape index (κ3) is 4.52. The Bertz CT molecular complexity index is 168. The van der Waals surface area contributed by atoms with Gasteiger partial charge in [0, 0.05) is 12.6 Å². The van der Waals surface area contributed by atoms with E-state index in [-0.39, 0.29) is 0 Å². The van der Waals surface area contributed by atoms with Crippen LogP contribution in [-0.2, 0) is 0 Å². The molecule has 0 bridgehead atoms. The molecule has 1 aliphatic rings. The van der Waals surface area contributed by atoms with E-state index in [0.717, 1.165) is 24.4 Å². The van der Waals surface area contributed by atoms with E-state index in [4.69, 9.17) is 5.73 Å². The van der Waals surface area contributed by atoms with Crippen LogP contribution in [0.2, 0.25) is 0 Å². The molecule has 1 aliphatic heterocycles. The highest BCUT2D eigenvalue weighted by Gasteiger charge is 2.24. The lowest BCUT2D eigenvalue weighted by Crippen LogP contribution is -2.31. The quantitative estimate of drug-likeness (QED) is 0.733. The van der Waals surface area contributed by atoms with E-state index in [1.165, 1.54) is 38.8 Å². The molecule has 0 saturated carbocycles. The zero-order valence-corrected chi connectivity index (χ0v) is 10.7. The van der Waals surface area contributed by atoms with Crippen LogP contribution in [0.5, 0.6) is 0 Å². The molecule has 2 N–H and O–H groups in total. The fourth-order valence-electron chi connectivity index (χ4n) is 2.46.